The van der Waals surface area contributed by atoms with Crippen molar-refractivity contribution in [1.29, 1.82) is 0 Å². The Labute approximate surface area is 118 Å². The Morgan fingerprint density at radius 1 is 1.05 bits per heavy atom. The van der Waals surface area contributed by atoms with Crippen molar-refractivity contribution in [2.24, 2.45) is 0 Å². The van der Waals surface area contributed by atoms with Crippen molar-refractivity contribution in [3.05, 3.63) is 24.3 Å². The van der Waals surface area contributed by atoms with Crippen molar-refractivity contribution in [2.45, 2.75) is 0 Å². The highest BCUT2D eigenvalue weighted by molar-refractivity contribution is 5.89. The van der Waals surface area contributed by atoms with Crippen LogP contribution in [-0.2, 0) is 0 Å². The number of piperazine rings is 1. The fourth-order valence-electron chi connectivity index (χ4n) is 2.34. The van der Waals surface area contributed by atoms with E-state index in [-0.39, 0.29) is 0 Å². The molecule has 0 aliphatic carbocycles. The van der Waals surface area contributed by atoms with E-state index in [4.69, 9.17) is 0 Å². The summed E-state index contributed by atoms with van der Waals surface area (Å²) in [7, 11) is 3.99. The molecule has 1 aromatic heterocycles. The monoisotopic (exact) mass is 272 g/mol. The molecule has 1 saturated heterocycles. The van der Waals surface area contributed by atoms with Crippen LogP contribution in [0.15, 0.2) is 24.3 Å². The number of fused-ring (bicyclic) bond motifs is 1. The zero-order chi connectivity index (χ0) is 13.9. The molecule has 2 heterocycles. The van der Waals surface area contributed by atoms with E-state index < -0.39 is 0 Å². The van der Waals surface area contributed by atoms with Crippen LogP contribution in [0.1, 0.15) is 0 Å². The number of nitrogens with zero attached hydrogens (tertiary/aromatic N) is 4. The molecule has 0 atom stereocenters. The second kappa shape index (κ2) is 5.60. The van der Waals surface area contributed by atoms with Crippen molar-refractivity contribution in [1.82, 2.24) is 19.9 Å². The van der Waals surface area contributed by atoms with Crippen LogP contribution in [0.2, 0.25) is 0 Å². The smallest absolute Gasteiger partial charge is 0.225 e. The highest BCUT2D eigenvalue weighted by atomic mass is 15.5. The minimum absolute atomic E-state index is 0.639. The Kier molecular flexibility index (Phi) is 3.66. The van der Waals surface area contributed by atoms with E-state index in [2.05, 4.69) is 37.7 Å². The van der Waals surface area contributed by atoms with E-state index in [9.17, 15) is 0 Å². The molecular formula is C14H20N6. The van der Waals surface area contributed by atoms with Gasteiger partial charge in [0.05, 0.1) is 5.52 Å². The number of nitrogens with one attached hydrogen (secondary N) is 2. The maximum absolute atomic E-state index is 4.54. The second-order valence-electron chi connectivity index (χ2n) is 5.07. The maximum atomic E-state index is 4.54. The Bertz CT molecular complexity index is 591. The van der Waals surface area contributed by atoms with Gasteiger partial charge < -0.3 is 15.6 Å². The minimum Gasteiger partial charge on any atom is -0.357 e. The van der Waals surface area contributed by atoms with Crippen LogP contribution in [0.3, 0.4) is 0 Å². The van der Waals surface area contributed by atoms with E-state index in [1.165, 1.54) is 0 Å². The topological polar surface area (TPSA) is 56.3 Å². The summed E-state index contributed by atoms with van der Waals surface area (Å²) in [5.41, 5.74) is 4.38. The lowest BCUT2D eigenvalue weighted by Gasteiger charge is -2.32. The molecule has 2 aromatic rings. The van der Waals surface area contributed by atoms with Gasteiger partial charge in [0, 0.05) is 38.6 Å². The number of aromatic nitrogens is 2. The lowest BCUT2D eigenvalue weighted by atomic mass is 10.2. The van der Waals surface area contributed by atoms with Crippen molar-refractivity contribution in [2.75, 3.05) is 51.0 Å². The Hall–Kier alpha value is -1.92. The summed E-state index contributed by atoms with van der Waals surface area (Å²) in [4.78, 5) is 11.3. The first-order valence-corrected chi connectivity index (χ1v) is 6.91. The largest absolute Gasteiger partial charge is 0.357 e. The van der Waals surface area contributed by atoms with Crippen molar-refractivity contribution >= 4 is 22.7 Å². The molecule has 1 aliphatic heterocycles. The van der Waals surface area contributed by atoms with Gasteiger partial charge in [0.2, 0.25) is 5.95 Å². The summed E-state index contributed by atoms with van der Waals surface area (Å²) in [6, 6.07) is 8.06. The van der Waals surface area contributed by atoms with Gasteiger partial charge in [-0.3, -0.25) is 0 Å². The van der Waals surface area contributed by atoms with Gasteiger partial charge >= 0.3 is 0 Å². The van der Waals surface area contributed by atoms with E-state index in [1.54, 1.807) is 0 Å². The molecule has 3 rings (SSSR count). The standard InChI is InChI=1S/C14H20N6/c1-15-14-16-12-6-4-3-5-11(12)13(17-14)18-20-9-7-19(2)8-10-20/h3-6H,7-10H2,1-2H3,(H2,15,16,17,18). The highest BCUT2D eigenvalue weighted by Gasteiger charge is 2.15. The number of hydrazine groups is 1. The number of hydrogen-bond donors (Lipinski definition) is 2. The Morgan fingerprint density at radius 2 is 1.80 bits per heavy atom. The number of anilines is 2. The van der Waals surface area contributed by atoms with E-state index in [0.717, 1.165) is 42.9 Å². The third-order valence-electron chi connectivity index (χ3n) is 3.59. The first kappa shape index (κ1) is 13.1. The quantitative estimate of drug-likeness (QED) is 0.877. The fourth-order valence-corrected chi connectivity index (χ4v) is 2.34. The number of benzene rings is 1. The predicted octanol–water partition coefficient (Wildman–Crippen LogP) is 1.25. The maximum Gasteiger partial charge on any atom is 0.225 e. The van der Waals surface area contributed by atoms with E-state index >= 15 is 0 Å². The van der Waals surface area contributed by atoms with Gasteiger partial charge in [0.15, 0.2) is 5.82 Å². The molecule has 0 radical (unpaired) electrons. The molecule has 0 unspecified atom stereocenters. The van der Waals surface area contributed by atoms with Gasteiger partial charge in [0.1, 0.15) is 0 Å². The summed E-state index contributed by atoms with van der Waals surface area (Å²) in [6.45, 7) is 4.11. The van der Waals surface area contributed by atoms with Gasteiger partial charge in [0.25, 0.3) is 0 Å². The summed E-state index contributed by atoms with van der Waals surface area (Å²) < 4.78 is 0. The predicted molar refractivity (Wildman–Crippen MR) is 81.8 cm³/mol. The first-order valence-electron chi connectivity index (χ1n) is 6.91. The van der Waals surface area contributed by atoms with Crippen LogP contribution in [0.25, 0.3) is 10.9 Å². The second-order valence-corrected chi connectivity index (χ2v) is 5.07. The molecule has 20 heavy (non-hydrogen) atoms. The van der Waals surface area contributed by atoms with E-state index in [0.29, 0.717) is 5.95 Å². The molecule has 2 N–H and O–H groups in total. The SMILES string of the molecule is CNc1nc(NN2CCN(C)CC2)c2ccccc2n1. The molecule has 1 fully saturated rings. The molecule has 6 nitrogen and oxygen atoms in total. The van der Waals surface area contributed by atoms with Gasteiger partial charge in [-0.1, -0.05) is 12.1 Å². The van der Waals surface area contributed by atoms with Gasteiger partial charge in [-0.15, -0.1) is 0 Å². The molecule has 0 amide bonds. The van der Waals surface area contributed by atoms with Crippen LogP contribution in [0, 0.1) is 0 Å². The van der Waals surface area contributed by atoms with Gasteiger partial charge in [-0.2, -0.15) is 4.98 Å². The van der Waals surface area contributed by atoms with Crippen molar-refractivity contribution in [3.63, 3.8) is 0 Å². The number of rotatable bonds is 3. The molecule has 0 saturated carbocycles. The molecule has 1 aromatic carbocycles. The van der Waals surface area contributed by atoms with Crippen LogP contribution in [0.5, 0.6) is 0 Å². The molecule has 1 aliphatic rings. The summed E-state index contributed by atoms with van der Waals surface area (Å²) in [6.07, 6.45) is 0. The molecule has 6 heteroatoms. The lowest BCUT2D eigenvalue weighted by Crippen LogP contribution is -2.47. The summed E-state index contributed by atoms with van der Waals surface area (Å²) in [5.74, 6) is 1.50. The van der Waals surface area contributed by atoms with Crippen molar-refractivity contribution in [3.8, 4) is 0 Å². The van der Waals surface area contributed by atoms with Crippen LogP contribution in [0.4, 0.5) is 11.8 Å². The van der Waals surface area contributed by atoms with Crippen molar-refractivity contribution < 1.29 is 0 Å². The van der Waals surface area contributed by atoms with Gasteiger partial charge in [-0.25, -0.2) is 9.99 Å². The summed E-state index contributed by atoms with van der Waals surface area (Å²) in [5, 5.41) is 6.28. The third-order valence-corrected chi connectivity index (χ3v) is 3.59. The Morgan fingerprint density at radius 3 is 2.55 bits per heavy atom. The molecule has 0 bridgehead atoms. The third kappa shape index (κ3) is 2.66. The normalized spacial score (nSPS) is 17.3. The first-order chi connectivity index (χ1) is 9.76. The minimum atomic E-state index is 0.639. The zero-order valence-electron chi connectivity index (χ0n) is 11.9. The molecule has 106 valence electrons. The molecular weight excluding hydrogens is 252 g/mol. The Balaban J connectivity index is 1.89. The zero-order valence-corrected chi connectivity index (χ0v) is 11.9. The van der Waals surface area contributed by atoms with E-state index in [1.807, 2.05) is 31.3 Å². The average molecular weight is 272 g/mol. The van der Waals surface area contributed by atoms with Gasteiger partial charge in [-0.05, 0) is 19.2 Å². The highest BCUT2D eigenvalue weighted by Crippen LogP contribution is 2.22. The lowest BCUT2D eigenvalue weighted by molar-refractivity contribution is 0.178. The fraction of sp³-hybridized carbons (Fsp3) is 0.429. The number of para-hydroxylation sites is 1. The van der Waals surface area contributed by atoms with Crippen LogP contribution in [-0.4, -0.2) is 60.2 Å². The van der Waals surface area contributed by atoms with Crippen LogP contribution >= 0.6 is 0 Å². The summed E-state index contributed by atoms with van der Waals surface area (Å²) >= 11 is 0. The average Bonchev–Trinajstić information content (AvgIpc) is 2.49. The van der Waals surface area contributed by atoms with Crippen LogP contribution < -0.4 is 10.7 Å². The number of hydrogen-bond acceptors (Lipinski definition) is 6. The number of likely N-dealkylation sites (N-methyl/N-ethyl adjacent to an activating group) is 1. The molecule has 0 spiro atoms.